The molecule has 0 saturated heterocycles. The normalized spacial score (nSPS) is 14.3. The van der Waals surface area contributed by atoms with E-state index >= 15 is 0 Å². The quantitative estimate of drug-likeness (QED) is 0.857. The van der Waals surface area contributed by atoms with Crippen LogP contribution in [-0.2, 0) is 19.6 Å². The number of benzene rings is 1. The zero-order valence-electron chi connectivity index (χ0n) is 10.7. The van der Waals surface area contributed by atoms with Crippen LogP contribution in [0, 0.1) is 0 Å². The number of hydrogen-bond acceptors (Lipinski definition) is 4. The molecule has 0 spiro atoms. The van der Waals surface area contributed by atoms with Crippen molar-refractivity contribution >= 4 is 11.5 Å². The van der Waals surface area contributed by atoms with E-state index in [0.29, 0.717) is 11.4 Å². The Morgan fingerprint density at radius 1 is 1.21 bits per heavy atom. The molecule has 19 heavy (non-hydrogen) atoms. The second kappa shape index (κ2) is 4.90. The summed E-state index contributed by atoms with van der Waals surface area (Å²) in [5.41, 5.74) is 9.87. The van der Waals surface area contributed by atoms with Crippen LogP contribution in [0.5, 0.6) is 0 Å². The number of aromatic nitrogens is 1. The minimum Gasteiger partial charge on any atom is -0.399 e. The highest BCUT2D eigenvalue weighted by atomic mass is 16.3. The van der Waals surface area contributed by atoms with E-state index in [0.717, 1.165) is 25.3 Å². The van der Waals surface area contributed by atoms with Crippen LogP contribution in [0.25, 0.3) is 0 Å². The summed E-state index contributed by atoms with van der Waals surface area (Å²) in [6.07, 6.45) is 1.01. The Morgan fingerprint density at radius 2 is 2.00 bits per heavy atom. The molecule has 1 aliphatic heterocycles. The third kappa shape index (κ3) is 2.39. The van der Waals surface area contributed by atoms with Gasteiger partial charge in [0.25, 0.3) is 0 Å². The van der Waals surface area contributed by atoms with Gasteiger partial charge in [0, 0.05) is 24.8 Å². The second-order valence-corrected chi connectivity index (χ2v) is 4.85. The van der Waals surface area contributed by atoms with Crippen LogP contribution in [0.15, 0.2) is 36.4 Å². The van der Waals surface area contributed by atoms with Crippen molar-refractivity contribution in [2.24, 2.45) is 0 Å². The van der Waals surface area contributed by atoms with Gasteiger partial charge in [-0.1, -0.05) is 24.3 Å². The van der Waals surface area contributed by atoms with Gasteiger partial charge in [-0.3, -0.25) is 0 Å². The molecule has 1 aromatic carbocycles. The second-order valence-electron chi connectivity index (χ2n) is 4.85. The SMILES string of the molecule is Nc1cc(CO)nc(N2CCc3ccccc3C2)c1. The van der Waals surface area contributed by atoms with Gasteiger partial charge in [-0.2, -0.15) is 0 Å². The number of nitrogens with two attached hydrogens (primary N) is 1. The Bertz CT molecular complexity index is 598. The number of hydrogen-bond donors (Lipinski definition) is 2. The minimum absolute atomic E-state index is 0.0809. The Labute approximate surface area is 112 Å². The first-order chi connectivity index (χ1) is 9.26. The smallest absolute Gasteiger partial charge is 0.131 e. The van der Waals surface area contributed by atoms with Crippen molar-refractivity contribution in [2.45, 2.75) is 19.6 Å². The van der Waals surface area contributed by atoms with Crippen LogP contribution in [0.2, 0.25) is 0 Å². The molecule has 0 fully saturated rings. The Kier molecular flexibility index (Phi) is 3.09. The lowest BCUT2D eigenvalue weighted by atomic mass is 10.00. The van der Waals surface area contributed by atoms with Crippen LogP contribution in [0.1, 0.15) is 16.8 Å². The van der Waals surface area contributed by atoms with E-state index in [1.165, 1.54) is 11.1 Å². The zero-order valence-corrected chi connectivity index (χ0v) is 10.7. The van der Waals surface area contributed by atoms with Crippen LogP contribution in [0.4, 0.5) is 11.5 Å². The molecule has 2 heterocycles. The zero-order chi connectivity index (χ0) is 13.2. The fraction of sp³-hybridized carbons (Fsp3) is 0.267. The van der Waals surface area contributed by atoms with Crippen molar-refractivity contribution in [3.8, 4) is 0 Å². The molecule has 2 aromatic rings. The molecule has 4 nitrogen and oxygen atoms in total. The average molecular weight is 255 g/mol. The van der Waals surface area contributed by atoms with E-state index < -0.39 is 0 Å². The summed E-state index contributed by atoms with van der Waals surface area (Å²) in [7, 11) is 0. The molecule has 1 aliphatic rings. The summed E-state index contributed by atoms with van der Waals surface area (Å²) >= 11 is 0. The number of fused-ring (bicyclic) bond motifs is 1. The number of nitrogen functional groups attached to an aromatic ring is 1. The molecule has 0 amide bonds. The molecule has 4 heteroatoms. The van der Waals surface area contributed by atoms with Crippen molar-refractivity contribution in [1.29, 1.82) is 0 Å². The van der Waals surface area contributed by atoms with Crippen molar-refractivity contribution in [3.63, 3.8) is 0 Å². The summed E-state index contributed by atoms with van der Waals surface area (Å²) in [6, 6.07) is 12.1. The van der Waals surface area contributed by atoms with Crippen molar-refractivity contribution in [2.75, 3.05) is 17.2 Å². The van der Waals surface area contributed by atoms with Crippen molar-refractivity contribution in [3.05, 3.63) is 53.2 Å². The summed E-state index contributed by atoms with van der Waals surface area (Å²) < 4.78 is 0. The maximum atomic E-state index is 9.21. The van der Waals surface area contributed by atoms with Gasteiger partial charge in [-0.05, 0) is 23.6 Å². The van der Waals surface area contributed by atoms with E-state index in [2.05, 4.69) is 34.1 Å². The average Bonchev–Trinajstić information content (AvgIpc) is 2.46. The monoisotopic (exact) mass is 255 g/mol. The number of aliphatic hydroxyl groups is 1. The fourth-order valence-electron chi connectivity index (χ4n) is 2.53. The van der Waals surface area contributed by atoms with Gasteiger partial charge in [-0.15, -0.1) is 0 Å². The van der Waals surface area contributed by atoms with E-state index in [9.17, 15) is 5.11 Å². The first-order valence-electron chi connectivity index (χ1n) is 6.45. The van der Waals surface area contributed by atoms with E-state index in [1.54, 1.807) is 6.07 Å². The van der Waals surface area contributed by atoms with Crippen LogP contribution < -0.4 is 10.6 Å². The highest BCUT2D eigenvalue weighted by Crippen LogP contribution is 2.24. The van der Waals surface area contributed by atoms with Crippen molar-refractivity contribution < 1.29 is 5.11 Å². The molecule has 0 radical (unpaired) electrons. The molecular formula is C15H17N3O. The lowest BCUT2D eigenvalue weighted by molar-refractivity contribution is 0.277. The Hall–Kier alpha value is -2.07. The molecule has 0 atom stereocenters. The standard InChI is InChI=1S/C15H17N3O/c16-13-7-14(10-19)17-15(8-13)18-6-5-11-3-1-2-4-12(11)9-18/h1-4,7-8,19H,5-6,9-10H2,(H2,16,17). The van der Waals surface area contributed by atoms with Gasteiger partial charge in [0.1, 0.15) is 5.82 Å². The number of aliphatic hydroxyl groups excluding tert-OH is 1. The molecule has 0 unspecified atom stereocenters. The lowest BCUT2D eigenvalue weighted by Gasteiger charge is -2.30. The summed E-state index contributed by atoms with van der Waals surface area (Å²) in [5, 5.41) is 9.21. The highest BCUT2D eigenvalue weighted by molar-refractivity contribution is 5.53. The van der Waals surface area contributed by atoms with Gasteiger partial charge in [0.2, 0.25) is 0 Å². The number of pyridine rings is 1. The molecule has 0 aliphatic carbocycles. The van der Waals surface area contributed by atoms with Gasteiger partial charge < -0.3 is 15.7 Å². The maximum absolute atomic E-state index is 9.21. The van der Waals surface area contributed by atoms with Gasteiger partial charge >= 0.3 is 0 Å². The molecular weight excluding hydrogens is 238 g/mol. The first-order valence-corrected chi connectivity index (χ1v) is 6.45. The Balaban J connectivity index is 1.90. The summed E-state index contributed by atoms with van der Waals surface area (Å²) in [5.74, 6) is 0.846. The molecule has 98 valence electrons. The number of anilines is 2. The van der Waals surface area contributed by atoms with Crippen LogP contribution in [-0.4, -0.2) is 16.6 Å². The summed E-state index contributed by atoms with van der Waals surface area (Å²) in [4.78, 5) is 6.65. The third-order valence-corrected chi connectivity index (χ3v) is 3.50. The lowest BCUT2D eigenvalue weighted by Crippen LogP contribution is -2.31. The van der Waals surface area contributed by atoms with Crippen LogP contribution >= 0.6 is 0 Å². The predicted octanol–water partition coefficient (Wildman–Crippen LogP) is 1.72. The first kappa shape index (κ1) is 12.0. The molecule has 3 rings (SSSR count). The van der Waals surface area contributed by atoms with Crippen molar-refractivity contribution in [1.82, 2.24) is 4.98 Å². The predicted molar refractivity (Wildman–Crippen MR) is 75.8 cm³/mol. The number of rotatable bonds is 2. The third-order valence-electron chi connectivity index (χ3n) is 3.50. The number of nitrogens with zero attached hydrogens (tertiary/aromatic N) is 2. The van der Waals surface area contributed by atoms with E-state index in [1.807, 2.05) is 6.07 Å². The van der Waals surface area contributed by atoms with Gasteiger partial charge in [-0.25, -0.2) is 4.98 Å². The molecule has 1 aromatic heterocycles. The summed E-state index contributed by atoms with van der Waals surface area (Å²) in [6.45, 7) is 1.69. The van der Waals surface area contributed by atoms with Gasteiger partial charge in [0.15, 0.2) is 0 Å². The Morgan fingerprint density at radius 3 is 2.79 bits per heavy atom. The van der Waals surface area contributed by atoms with Gasteiger partial charge in [0.05, 0.1) is 12.3 Å². The van der Waals surface area contributed by atoms with Crippen LogP contribution in [0.3, 0.4) is 0 Å². The molecule has 0 bridgehead atoms. The molecule has 3 N–H and O–H groups in total. The highest BCUT2D eigenvalue weighted by Gasteiger charge is 2.17. The topological polar surface area (TPSA) is 62.4 Å². The minimum atomic E-state index is -0.0809. The molecule has 0 saturated carbocycles. The van der Waals surface area contributed by atoms with E-state index in [4.69, 9.17) is 5.73 Å². The fourth-order valence-corrected chi connectivity index (χ4v) is 2.53. The maximum Gasteiger partial charge on any atom is 0.131 e. The largest absolute Gasteiger partial charge is 0.399 e. The van der Waals surface area contributed by atoms with E-state index in [-0.39, 0.29) is 6.61 Å².